The largest absolute Gasteiger partial charge is 0.490 e. The zero-order valence-corrected chi connectivity index (χ0v) is 18.2. The summed E-state index contributed by atoms with van der Waals surface area (Å²) in [7, 11) is 0. The summed E-state index contributed by atoms with van der Waals surface area (Å²) in [5, 5.41) is 4.31. The lowest BCUT2D eigenvalue weighted by Crippen LogP contribution is -2.42. The Balaban J connectivity index is 2.04. The number of carbonyl (C=O) groups is 2. The summed E-state index contributed by atoms with van der Waals surface area (Å²) in [6.07, 6.45) is 0.180. The van der Waals surface area contributed by atoms with Crippen LogP contribution >= 0.6 is 0 Å². The Bertz CT molecular complexity index is 851. The molecule has 2 aromatic rings. The van der Waals surface area contributed by atoms with Gasteiger partial charge in [0.05, 0.1) is 32.1 Å². The topological polar surface area (TPSA) is 104 Å². The normalized spacial score (nSPS) is 10.4. The molecule has 0 saturated carbocycles. The second kappa shape index (κ2) is 11.1. The molecule has 0 aliphatic carbocycles. The molecule has 2 amide bonds. The van der Waals surface area contributed by atoms with E-state index in [0.717, 1.165) is 11.4 Å². The molecule has 9 heteroatoms. The lowest BCUT2D eigenvalue weighted by atomic mass is 10.1. The van der Waals surface area contributed by atoms with Crippen molar-refractivity contribution in [2.75, 3.05) is 19.8 Å². The van der Waals surface area contributed by atoms with E-state index in [0.29, 0.717) is 43.6 Å². The van der Waals surface area contributed by atoms with Crippen LogP contribution in [0.1, 0.15) is 48.9 Å². The molecule has 1 aromatic heterocycles. The predicted octanol–water partition coefficient (Wildman–Crippen LogP) is 2.55. The van der Waals surface area contributed by atoms with Crippen molar-refractivity contribution < 1.29 is 23.8 Å². The molecular formula is C21H30N4O5. The van der Waals surface area contributed by atoms with Crippen molar-refractivity contribution in [1.29, 1.82) is 0 Å². The molecular weight excluding hydrogens is 388 g/mol. The summed E-state index contributed by atoms with van der Waals surface area (Å²) in [6.45, 7) is 11.0. The Labute approximate surface area is 176 Å². The molecule has 9 nitrogen and oxygen atoms in total. The average Bonchev–Trinajstić information content (AvgIpc) is 3.04. The molecule has 0 spiro atoms. The highest BCUT2D eigenvalue weighted by molar-refractivity contribution is 5.96. The Kier molecular flexibility index (Phi) is 8.52. The van der Waals surface area contributed by atoms with Crippen molar-refractivity contribution in [1.82, 2.24) is 20.6 Å². The first-order chi connectivity index (χ1) is 14.4. The second-order valence-electron chi connectivity index (χ2n) is 6.50. The van der Waals surface area contributed by atoms with E-state index in [2.05, 4.69) is 16.0 Å². The number of benzene rings is 1. The maximum absolute atomic E-state index is 12.6. The number of aromatic nitrogens is 2. The zero-order chi connectivity index (χ0) is 22.1. The average molecular weight is 418 g/mol. The van der Waals surface area contributed by atoms with Crippen LogP contribution in [0.25, 0.3) is 0 Å². The van der Waals surface area contributed by atoms with E-state index in [9.17, 15) is 9.59 Å². The standard InChI is InChI=1S/C21H30N4O5/c1-6-28-17-12-16(13-18(29-7-2)20(17)30-8-3)21(27)23-22-19(26)9-10-25-15(5)11-14(4)24-25/h11-13H,6-10H2,1-5H3,(H,22,26)(H,23,27). The van der Waals surface area contributed by atoms with Crippen LogP contribution in [0.5, 0.6) is 17.2 Å². The molecule has 0 radical (unpaired) electrons. The van der Waals surface area contributed by atoms with Crippen molar-refractivity contribution in [2.45, 2.75) is 47.6 Å². The molecule has 1 heterocycles. The number of hydrogen-bond acceptors (Lipinski definition) is 6. The lowest BCUT2D eigenvalue weighted by molar-refractivity contribution is -0.122. The van der Waals surface area contributed by atoms with Crippen LogP contribution in [0.3, 0.4) is 0 Å². The Hall–Kier alpha value is -3.23. The predicted molar refractivity (Wildman–Crippen MR) is 112 cm³/mol. The SMILES string of the molecule is CCOc1cc(C(=O)NNC(=O)CCn2nc(C)cc2C)cc(OCC)c1OCC. The molecule has 1 aromatic carbocycles. The fraction of sp³-hybridized carbons (Fsp3) is 0.476. The molecule has 2 N–H and O–H groups in total. The van der Waals surface area contributed by atoms with Gasteiger partial charge in [-0.05, 0) is 52.8 Å². The van der Waals surface area contributed by atoms with E-state index >= 15 is 0 Å². The van der Waals surface area contributed by atoms with Gasteiger partial charge in [-0.1, -0.05) is 0 Å². The second-order valence-corrected chi connectivity index (χ2v) is 6.50. The molecule has 164 valence electrons. The molecule has 0 aliphatic rings. The van der Waals surface area contributed by atoms with Gasteiger partial charge in [-0.3, -0.25) is 25.1 Å². The smallest absolute Gasteiger partial charge is 0.269 e. The fourth-order valence-electron chi connectivity index (χ4n) is 2.89. The van der Waals surface area contributed by atoms with E-state index in [1.165, 1.54) is 0 Å². The van der Waals surface area contributed by atoms with Crippen LogP contribution in [0.2, 0.25) is 0 Å². The van der Waals surface area contributed by atoms with Gasteiger partial charge in [-0.2, -0.15) is 5.10 Å². The van der Waals surface area contributed by atoms with Crippen LogP contribution in [0, 0.1) is 13.8 Å². The molecule has 30 heavy (non-hydrogen) atoms. The van der Waals surface area contributed by atoms with Gasteiger partial charge in [-0.15, -0.1) is 0 Å². The maximum Gasteiger partial charge on any atom is 0.269 e. The van der Waals surface area contributed by atoms with Crippen LogP contribution in [0.15, 0.2) is 18.2 Å². The lowest BCUT2D eigenvalue weighted by Gasteiger charge is -2.17. The molecule has 0 atom stereocenters. The maximum atomic E-state index is 12.6. The molecule has 0 aliphatic heterocycles. The number of ether oxygens (including phenoxy) is 3. The van der Waals surface area contributed by atoms with Crippen molar-refractivity contribution in [3.63, 3.8) is 0 Å². The summed E-state index contributed by atoms with van der Waals surface area (Å²) in [5.41, 5.74) is 7.01. The van der Waals surface area contributed by atoms with E-state index in [-0.39, 0.29) is 17.9 Å². The van der Waals surface area contributed by atoms with E-state index in [1.807, 2.05) is 40.7 Å². The number of rotatable bonds is 10. The highest BCUT2D eigenvalue weighted by Gasteiger charge is 2.18. The Morgan fingerprint density at radius 2 is 1.53 bits per heavy atom. The summed E-state index contributed by atoms with van der Waals surface area (Å²) in [5.74, 6) is 0.459. The first kappa shape index (κ1) is 23.1. The third-order valence-electron chi connectivity index (χ3n) is 4.14. The number of nitrogens with one attached hydrogen (secondary N) is 2. The quantitative estimate of drug-likeness (QED) is 0.575. The number of nitrogens with zero attached hydrogens (tertiary/aromatic N) is 2. The zero-order valence-electron chi connectivity index (χ0n) is 18.2. The van der Waals surface area contributed by atoms with Gasteiger partial charge < -0.3 is 14.2 Å². The Morgan fingerprint density at radius 3 is 2.03 bits per heavy atom. The van der Waals surface area contributed by atoms with Crippen molar-refractivity contribution in [3.8, 4) is 17.2 Å². The summed E-state index contributed by atoms with van der Waals surface area (Å²) < 4.78 is 18.6. The number of aryl methyl sites for hydroxylation is 3. The summed E-state index contributed by atoms with van der Waals surface area (Å²) in [6, 6.07) is 5.07. The minimum atomic E-state index is -0.487. The van der Waals surface area contributed by atoms with Gasteiger partial charge in [0.25, 0.3) is 5.91 Å². The monoisotopic (exact) mass is 418 g/mol. The molecule has 0 bridgehead atoms. The fourth-order valence-corrected chi connectivity index (χ4v) is 2.89. The van der Waals surface area contributed by atoms with Gasteiger partial charge in [0.15, 0.2) is 11.5 Å². The molecule has 0 unspecified atom stereocenters. The van der Waals surface area contributed by atoms with Gasteiger partial charge in [-0.25, -0.2) is 0 Å². The van der Waals surface area contributed by atoms with E-state index in [1.54, 1.807) is 16.8 Å². The van der Waals surface area contributed by atoms with Gasteiger partial charge in [0, 0.05) is 17.7 Å². The van der Waals surface area contributed by atoms with Crippen molar-refractivity contribution in [3.05, 3.63) is 35.2 Å². The van der Waals surface area contributed by atoms with Crippen LogP contribution in [0.4, 0.5) is 0 Å². The van der Waals surface area contributed by atoms with E-state index < -0.39 is 5.91 Å². The van der Waals surface area contributed by atoms with Gasteiger partial charge >= 0.3 is 0 Å². The first-order valence-corrected chi connectivity index (χ1v) is 10.1. The third-order valence-corrected chi connectivity index (χ3v) is 4.14. The van der Waals surface area contributed by atoms with Crippen molar-refractivity contribution >= 4 is 11.8 Å². The third kappa shape index (κ3) is 6.13. The summed E-state index contributed by atoms with van der Waals surface area (Å²) >= 11 is 0. The first-order valence-electron chi connectivity index (χ1n) is 10.1. The number of carbonyl (C=O) groups excluding carboxylic acids is 2. The van der Waals surface area contributed by atoms with Gasteiger partial charge in [0.2, 0.25) is 11.7 Å². The molecule has 2 rings (SSSR count). The van der Waals surface area contributed by atoms with Crippen LogP contribution in [-0.2, 0) is 11.3 Å². The van der Waals surface area contributed by atoms with Crippen LogP contribution in [-0.4, -0.2) is 41.4 Å². The molecule has 0 fully saturated rings. The minimum Gasteiger partial charge on any atom is -0.490 e. The van der Waals surface area contributed by atoms with Crippen LogP contribution < -0.4 is 25.1 Å². The minimum absolute atomic E-state index is 0.180. The highest BCUT2D eigenvalue weighted by Crippen LogP contribution is 2.39. The number of amides is 2. The van der Waals surface area contributed by atoms with Gasteiger partial charge in [0.1, 0.15) is 0 Å². The number of hydrazine groups is 1. The van der Waals surface area contributed by atoms with Crippen molar-refractivity contribution in [2.24, 2.45) is 0 Å². The highest BCUT2D eigenvalue weighted by atomic mass is 16.5. The Morgan fingerprint density at radius 1 is 0.933 bits per heavy atom. The summed E-state index contributed by atoms with van der Waals surface area (Å²) in [4.78, 5) is 24.7. The van der Waals surface area contributed by atoms with E-state index in [4.69, 9.17) is 14.2 Å². The molecule has 0 saturated heterocycles. The number of hydrogen-bond donors (Lipinski definition) is 2.